The van der Waals surface area contributed by atoms with E-state index in [2.05, 4.69) is 15.6 Å². The van der Waals surface area contributed by atoms with Crippen LogP contribution in [0.3, 0.4) is 0 Å². The maximum Gasteiger partial charge on any atom is 0.253 e. The summed E-state index contributed by atoms with van der Waals surface area (Å²) in [5.41, 5.74) is 2.89. The van der Waals surface area contributed by atoms with E-state index >= 15 is 0 Å². The molecule has 0 atom stereocenters. The summed E-state index contributed by atoms with van der Waals surface area (Å²) in [6.07, 6.45) is 1.67. The van der Waals surface area contributed by atoms with Crippen LogP contribution < -0.4 is 10.6 Å². The summed E-state index contributed by atoms with van der Waals surface area (Å²) >= 11 is 5.95. The van der Waals surface area contributed by atoms with Gasteiger partial charge in [-0.25, -0.2) is 0 Å². The molecule has 2 amide bonds. The van der Waals surface area contributed by atoms with Crippen LogP contribution in [0.1, 0.15) is 26.3 Å². The minimum Gasteiger partial charge on any atom is -0.360 e. The summed E-state index contributed by atoms with van der Waals surface area (Å²) in [5, 5.41) is 6.89. The number of fused-ring (bicyclic) bond motifs is 1. The monoisotopic (exact) mass is 341 g/mol. The second kappa shape index (κ2) is 6.76. The first-order chi connectivity index (χ1) is 11.6. The normalized spacial score (nSPS) is 10.6. The molecule has 1 aromatic heterocycles. The van der Waals surface area contributed by atoms with E-state index in [1.165, 1.54) is 0 Å². The van der Waals surface area contributed by atoms with Gasteiger partial charge in [-0.05, 0) is 29.8 Å². The van der Waals surface area contributed by atoms with E-state index in [0.29, 0.717) is 22.7 Å². The van der Waals surface area contributed by atoms with E-state index in [1.807, 2.05) is 18.2 Å². The molecule has 24 heavy (non-hydrogen) atoms. The van der Waals surface area contributed by atoms with Gasteiger partial charge in [-0.15, -0.1) is 0 Å². The van der Waals surface area contributed by atoms with Gasteiger partial charge in [0.15, 0.2) is 0 Å². The molecular weight excluding hydrogens is 326 g/mol. The second-order valence-corrected chi connectivity index (χ2v) is 5.79. The van der Waals surface area contributed by atoms with Gasteiger partial charge in [0.1, 0.15) is 0 Å². The molecule has 3 rings (SSSR count). The smallest absolute Gasteiger partial charge is 0.253 e. The zero-order valence-electron chi connectivity index (χ0n) is 13.0. The summed E-state index contributed by atoms with van der Waals surface area (Å²) < 4.78 is 0. The molecule has 2 aromatic carbocycles. The Kier molecular flexibility index (Phi) is 4.53. The molecule has 0 saturated carbocycles. The highest BCUT2D eigenvalue weighted by atomic mass is 35.5. The fourth-order valence-corrected chi connectivity index (χ4v) is 2.65. The van der Waals surface area contributed by atoms with Crippen LogP contribution in [-0.2, 0) is 6.54 Å². The van der Waals surface area contributed by atoms with E-state index in [0.717, 1.165) is 16.5 Å². The van der Waals surface area contributed by atoms with Gasteiger partial charge in [-0.2, -0.15) is 0 Å². The average molecular weight is 342 g/mol. The molecule has 0 unspecified atom stereocenters. The lowest BCUT2D eigenvalue weighted by Crippen LogP contribution is -2.22. The lowest BCUT2D eigenvalue weighted by atomic mass is 10.1. The third-order valence-corrected chi connectivity index (χ3v) is 4.02. The number of hydrogen-bond donors (Lipinski definition) is 3. The summed E-state index contributed by atoms with van der Waals surface area (Å²) in [6, 6.07) is 12.5. The van der Waals surface area contributed by atoms with Crippen LogP contribution in [0.15, 0.2) is 48.7 Å². The SMILES string of the molecule is CNC(=O)c1ccc(CNC(=O)c2c[nH]c3cc(Cl)ccc23)cc1. The highest BCUT2D eigenvalue weighted by molar-refractivity contribution is 6.31. The number of hydrogen-bond acceptors (Lipinski definition) is 2. The predicted octanol–water partition coefficient (Wildman–Crippen LogP) is 3.11. The number of benzene rings is 2. The highest BCUT2D eigenvalue weighted by Crippen LogP contribution is 2.22. The Hall–Kier alpha value is -2.79. The zero-order valence-corrected chi connectivity index (χ0v) is 13.8. The van der Waals surface area contributed by atoms with Gasteiger partial charge in [0.25, 0.3) is 11.8 Å². The molecule has 0 aliphatic carbocycles. The van der Waals surface area contributed by atoms with Crippen LogP contribution in [0, 0.1) is 0 Å². The molecule has 1 heterocycles. The van der Waals surface area contributed by atoms with Crippen LogP contribution in [0.5, 0.6) is 0 Å². The van der Waals surface area contributed by atoms with Crippen LogP contribution in [0.4, 0.5) is 0 Å². The molecule has 0 radical (unpaired) electrons. The number of nitrogens with one attached hydrogen (secondary N) is 3. The number of carbonyl (C=O) groups excluding carboxylic acids is 2. The summed E-state index contributed by atoms with van der Waals surface area (Å²) in [7, 11) is 1.59. The second-order valence-electron chi connectivity index (χ2n) is 5.35. The molecule has 0 aliphatic rings. The zero-order chi connectivity index (χ0) is 17.1. The molecule has 3 aromatic rings. The van der Waals surface area contributed by atoms with Crippen molar-refractivity contribution in [3.05, 3.63) is 70.4 Å². The molecule has 3 N–H and O–H groups in total. The number of halogens is 1. The quantitative estimate of drug-likeness (QED) is 0.682. The molecule has 0 bridgehead atoms. The first kappa shape index (κ1) is 16.1. The third-order valence-electron chi connectivity index (χ3n) is 3.78. The number of rotatable bonds is 4. The Bertz CT molecular complexity index is 900. The van der Waals surface area contributed by atoms with E-state index < -0.39 is 0 Å². The number of aromatic amines is 1. The van der Waals surface area contributed by atoms with Crippen molar-refractivity contribution in [1.82, 2.24) is 15.6 Å². The Morgan fingerprint density at radius 3 is 2.54 bits per heavy atom. The Labute approximate surface area is 144 Å². The van der Waals surface area contributed by atoms with Crippen molar-refractivity contribution in [2.45, 2.75) is 6.54 Å². The van der Waals surface area contributed by atoms with Gasteiger partial charge in [-0.3, -0.25) is 9.59 Å². The first-order valence-electron chi connectivity index (χ1n) is 7.44. The lowest BCUT2D eigenvalue weighted by Gasteiger charge is -2.06. The standard InChI is InChI=1S/C18H16ClN3O2/c1-20-17(23)12-4-2-11(3-5-12)9-22-18(24)15-10-21-16-8-13(19)6-7-14(15)16/h2-8,10,21H,9H2,1H3,(H,20,23)(H,22,24). The Balaban J connectivity index is 1.69. The molecular formula is C18H16ClN3O2. The minimum absolute atomic E-state index is 0.136. The van der Waals surface area contributed by atoms with E-state index in [9.17, 15) is 9.59 Å². The van der Waals surface area contributed by atoms with Gasteiger partial charge in [-0.1, -0.05) is 29.8 Å². The largest absolute Gasteiger partial charge is 0.360 e. The van der Waals surface area contributed by atoms with Gasteiger partial charge in [0, 0.05) is 41.3 Å². The summed E-state index contributed by atoms with van der Waals surface area (Å²) in [6.45, 7) is 0.382. The molecule has 5 nitrogen and oxygen atoms in total. The summed E-state index contributed by atoms with van der Waals surface area (Å²) in [5.74, 6) is -0.304. The third kappa shape index (κ3) is 3.26. The topological polar surface area (TPSA) is 74.0 Å². The van der Waals surface area contributed by atoms with Gasteiger partial charge >= 0.3 is 0 Å². The van der Waals surface area contributed by atoms with Crippen molar-refractivity contribution in [1.29, 1.82) is 0 Å². The van der Waals surface area contributed by atoms with Crippen molar-refractivity contribution in [3.8, 4) is 0 Å². The molecule has 6 heteroatoms. The molecule has 0 spiro atoms. The van der Waals surface area contributed by atoms with Crippen molar-refractivity contribution in [2.24, 2.45) is 0 Å². The Morgan fingerprint density at radius 1 is 1.08 bits per heavy atom. The van der Waals surface area contributed by atoms with Gasteiger partial charge in [0.05, 0.1) is 5.56 Å². The number of H-pyrrole nitrogens is 1. The maximum absolute atomic E-state index is 12.4. The van der Waals surface area contributed by atoms with Crippen molar-refractivity contribution in [2.75, 3.05) is 7.05 Å². The predicted molar refractivity (Wildman–Crippen MR) is 94.3 cm³/mol. The number of carbonyl (C=O) groups is 2. The lowest BCUT2D eigenvalue weighted by molar-refractivity contribution is 0.0947. The first-order valence-corrected chi connectivity index (χ1v) is 7.82. The average Bonchev–Trinajstić information content (AvgIpc) is 3.02. The number of aromatic nitrogens is 1. The molecule has 0 saturated heterocycles. The Morgan fingerprint density at radius 2 is 1.83 bits per heavy atom. The van der Waals surface area contributed by atoms with Crippen LogP contribution in [0.2, 0.25) is 5.02 Å². The summed E-state index contributed by atoms with van der Waals surface area (Å²) in [4.78, 5) is 26.9. The van der Waals surface area contributed by atoms with Gasteiger partial charge < -0.3 is 15.6 Å². The fraction of sp³-hybridized carbons (Fsp3) is 0.111. The van der Waals surface area contributed by atoms with Crippen LogP contribution in [-0.4, -0.2) is 23.8 Å². The van der Waals surface area contributed by atoms with E-state index in [4.69, 9.17) is 11.6 Å². The molecule has 0 fully saturated rings. The fourth-order valence-electron chi connectivity index (χ4n) is 2.48. The van der Waals surface area contributed by atoms with Crippen LogP contribution in [0.25, 0.3) is 10.9 Å². The molecule has 122 valence electrons. The maximum atomic E-state index is 12.4. The number of amides is 2. The van der Waals surface area contributed by atoms with Crippen LogP contribution >= 0.6 is 11.6 Å². The molecule has 0 aliphatic heterocycles. The van der Waals surface area contributed by atoms with Gasteiger partial charge in [0.2, 0.25) is 0 Å². The van der Waals surface area contributed by atoms with Crippen molar-refractivity contribution >= 4 is 34.3 Å². The van der Waals surface area contributed by atoms with E-state index in [-0.39, 0.29) is 11.8 Å². The highest BCUT2D eigenvalue weighted by Gasteiger charge is 2.12. The van der Waals surface area contributed by atoms with Crippen molar-refractivity contribution in [3.63, 3.8) is 0 Å². The van der Waals surface area contributed by atoms with E-state index in [1.54, 1.807) is 37.5 Å². The van der Waals surface area contributed by atoms with Crippen molar-refractivity contribution < 1.29 is 9.59 Å². The minimum atomic E-state index is -0.168.